The summed E-state index contributed by atoms with van der Waals surface area (Å²) in [5, 5.41) is 11.1. The van der Waals surface area contributed by atoms with Gasteiger partial charge in [0.05, 0.1) is 5.52 Å². The van der Waals surface area contributed by atoms with Crippen molar-refractivity contribution in [1.82, 2.24) is 9.97 Å². The first kappa shape index (κ1) is 11.7. The minimum Gasteiger partial charge on any atom is -0.382 e. The first-order valence-electron chi connectivity index (χ1n) is 5.89. The lowest BCUT2D eigenvalue weighted by atomic mass is 10.0. The molecule has 1 atom stereocenters. The van der Waals surface area contributed by atoms with E-state index in [0.29, 0.717) is 5.56 Å². The molecule has 2 aromatic heterocycles. The van der Waals surface area contributed by atoms with Crippen LogP contribution in [0, 0.1) is 5.82 Å². The summed E-state index contributed by atoms with van der Waals surface area (Å²) in [7, 11) is 0. The highest BCUT2D eigenvalue weighted by molar-refractivity contribution is 5.79. The topological polar surface area (TPSA) is 46.0 Å². The highest BCUT2D eigenvalue weighted by Gasteiger charge is 2.16. The second-order valence-corrected chi connectivity index (χ2v) is 4.23. The van der Waals surface area contributed by atoms with Gasteiger partial charge in [-0.3, -0.25) is 9.97 Å². The number of aliphatic hydroxyl groups excluding tert-OH is 1. The van der Waals surface area contributed by atoms with Crippen LogP contribution in [0.15, 0.2) is 54.9 Å². The van der Waals surface area contributed by atoms with Crippen LogP contribution in [0.4, 0.5) is 4.39 Å². The Kier molecular flexibility index (Phi) is 2.93. The zero-order valence-corrected chi connectivity index (χ0v) is 9.99. The van der Waals surface area contributed by atoms with Gasteiger partial charge in [-0.05, 0) is 35.9 Å². The number of pyridine rings is 2. The maximum atomic E-state index is 13.6. The van der Waals surface area contributed by atoms with E-state index in [0.717, 1.165) is 10.9 Å². The fraction of sp³-hybridized carbons (Fsp3) is 0.0667. The Labute approximate surface area is 109 Å². The van der Waals surface area contributed by atoms with E-state index in [4.69, 9.17) is 0 Å². The molecule has 0 bridgehead atoms. The van der Waals surface area contributed by atoms with Crippen molar-refractivity contribution < 1.29 is 9.50 Å². The van der Waals surface area contributed by atoms with Crippen molar-refractivity contribution in [2.24, 2.45) is 0 Å². The summed E-state index contributed by atoms with van der Waals surface area (Å²) >= 11 is 0. The maximum absolute atomic E-state index is 13.6. The van der Waals surface area contributed by atoms with Crippen LogP contribution in [0.3, 0.4) is 0 Å². The van der Waals surface area contributed by atoms with Gasteiger partial charge in [0.15, 0.2) is 0 Å². The first-order chi connectivity index (χ1) is 9.25. The number of rotatable bonds is 2. The van der Waals surface area contributed by atoms with E-state index in [1.807, 2.05) is 12.1 Å². The Morgan fingerprint density at radius 1 is 1.00 bits per heavy atom. The van der Waals surface area contributed by atoms with E-state index in [1.54, 1.807) is 24.4 Å². The van der Waals surface area contributed by atoms with Crippen molar-refractivity contribution in [3.8, 4) is 0 Å². The lowest BCUT2D eigenvalue weighted by molar-refractivity contribution is 0.209. The van der Waals surface area contributed by atoms with Crippen LogP contribution in [0.5, 0.6) is 0 Å². The normalized spacial score (nSPS) is 12.5. The minimum absolute atomic E-state index is 0.0331. The molecular formula is C15H11FN2O. The van der Waals surface area contributed by atoms with Gasteiger partial charge in [-0.15, -0.1) is 0 Å². The molecular weight excluding hydrogens is 243 g/mol. The number of hydrogen-bond acceptors (Lipinski definition) is 3. The molecule has 0 saturated carbocycles. The van der Waals surface area contributed by atoms with Crippen LogP contribution in [0.1, 0.15) is 17.4 Å². The Balaban J connectivity index is 2.07. The molecule has 3 rings (SSSR count). The van der Waals surface area contributed by atoms with Gasteiger partial charge < -0.3 is 5.11 Å². The Morgan fingerprint density at radius 3 is 2.63 bits per heavy atom. The molecule has 3 nitrogen and oxygen atoms in total. The minimum atomic E-state index is -1.08. The molecule has 0 aliphatic heterocycles. The zero-order valence-electron chi connectivity index (χ0n) is 9.99. The van der Waals surface area contributed by atoms with Crippen LogP contribution in [-0.4, -0.2) is 15.1 Å². The summed E-state index contributed by atoms with van der Waals surface area (Å²) in [6.45, 7) is 0. The molecule has 0 fully saturated rings. The van der Waals surface area contributed by atoms with Crippen molar-refractivity contribution in [1.29, 1.82) is 0 Å². The van der Waals surface area contributed by atoms with Gasteiger partial charge in [-0.25, -0.2) is 4.39 Å². The van der Waals surface area contributed by atoms with Gasteiger partial charge in [0, 0.05) is 17.8 Å². The van der Waals surface area contributed by atoms with Crippen LogP contribution < -0.4 is 0 Å². The third kappa shape index (κ3) is 2.18. The summed E-state index contributed by atoms with van der Waals surface area (Å²) in [4.78, 5) is 8.09. The molecule has 1 aromatic carbocycles. The number of halogens is 1. The molecule has 0 aliphatic rings. The Morgan fingerprint density at radius 2 is 1.79 bits per heavy atom. The van der Waals surface area contributed by atoms with Crippen molar-refractivity contribution in [3.05, 3.63) is 71.9 Å². The molecule has 4 heteroatoms. The number of fused-ring (bicyclic) bond motifs is 1. The molecule has 1 unspecified atom stereocenters. The highest BCUT2D eigenvalue weighted by atomic mass is 19.1. The number of aliphatic hydroxyl groups is 1. The molecule has 1 N–H and O–H groups in total. The van der Waals surface area contributed by atoms with E-state index >= 15 is 0 Å². The first-order valence-corrected chi connectivity index (χ1v) is 5.89. The highest BCUT2D eigenvalue weighted by Crippen LogP contribution is 2.24. The van der Waals surface area contributed by atoms with Gasteiger partial charge in [0.2, 0.25) is 0 Å². The SMILES string of the molecule is OC(c1ccc2ncccc2c1)c1ncccc1F. The summed E-state index contributed by atoms with van der Waals surface area (Å²) < 4.78 is 13.6. The van der Waals surface area contributed by atoms with Crippen molar-refractivity contribution >= 4 is 10.9 Å². The third-order valence-corrected chi connectivity index (χ3v) is 2.99. The molecule has 0 aliphatic carbocycles. The van der Waals surface area contributed by atoms with Gasteiger partial charge in [-0.2, -0.15) is 0 Å². The average molecular weight is 254 g/mol. The number of nitrogens with zero attached hydrogens (tertiary/aromatic N) is 2. The second-order valence-electron chi connectivity index (χ2n) is 4.23. The standard InChI is InChI=1S/C15H11FN2O/c16-12-4-2-8-18-14(12)15(19)11-5-6-13-10(9-11)3-1-7-17-13/h1-9,15,19H. The van der Waals surface area contributed by atoms with Gasteiger partial charge in [0.25, 0.3) is 0 Å². The molecule has 0 spiro atoms. The number of benzene rings is 1. The van der Waals surface area contributed by atoms with Crippen molar-refractivity contribution in [2.75, 3.05) is 0 Å². The second kappa shape index (κ2) is 4.74. The van der Waals surface area contributed by atoms with Gasteiger partial charge in [0.1, 0.15) is 17.6 Å². The van der Waals surface area contributed by atoms with E-state index in [-0.39, 0.29) is 5.69 Å². The summed E-state index contributed by atoms with van der Waals surface area (Å²) in [6.07, 6.45) is 2.09. The van der Waals surface area contributed by atoms with Crippen LogP contribution in [0.2, 0.25) is 0 Å². The predicted molar refractivity (Wildman–Crippen MR) is 70.0 cm³/mol. The maximum Gasteiger partial charge on any atom is 0.147 e. The Bertz CT molecular complexity index is 730. The van der Waals surface area contributed by atoms with Gasteiger partial charge >= 0.3 is 0 Å². The molecule has 19 heavy (non-hydrogen) atoms. The van der Waals surface area contributed by atoms with Crippen LogP contribution in [0.25, 0.3) is 10.9 Å². The molecule has 0 radical (unpaired) electrons. The number of aromatic nitrogens is 2. The van der Waals surface area contributed by atoms with E-state index in [1.165, 1.54) is 18.3 Å². The fourth-order valence-corrected chi connectivity index (χ4v) is 2.02. The van der Waals surface area contributed by atoms with Crippen molar-refractivity contribution in [3.63, 3.8) is 0 Å². The van der Waals surface area contributed by atoms with E-state index in [9.17, 15) is 9.50 Å². The summed E-state index contributed by atoms with van der Waals surface area (Å²) in [5.74, 6) is -0.513. The van der Waals surface area contributed by atoms with Crippen LogP contribution >= 0.6 is 0 Å². The van der Waals surface area contributed by atoms with Gasteiger partial charge in [-0.1, -0.05) is 12.1 Å². The number of hydrogen-bond donors (Lipinski definition) is 1. The quantitative estimate of drug-likeness (QED) is 0.764. The molecule has 0 saturated heterocycles. The predicted octanol–water partition coefficient (Wildman–Crippen LogP) is 2.85. The van der Waals surface area contributed by atoms with E-state index < -0.39 is 11.9 Å². The monoisotopic (exact) mass is 254 g/mol. The Hall–Kier alpha value is -2.33. The molecule has 3 aromatic rings. The molecule has 2 heterocycles. The lowest BCUT2D eigenvalue weighted by Crippen LogP contribution is -2.05. The average Bonchev–Trinajstić information content (AvgIpc) is 2.46. The molecule has 0 amide bonds. The molecule has 94 valence electrons. The largest absolute Gasteiger partial charge is 0.382 e. The van der Waals surface area contributed by atoms with E-state index in [2.05, 4.69) is 9.97 Å². The summed E-state index contributed by atoms with van der Waals surface area (Å²) in [5.41, 5.74) is 1.46. The lowest BCUT2D eigenvalue weighted by Gasteiger charge is -2.11. The zero-order chi connectivity index (χ0) is 13.2. The van der Waals surface area contributed by atoms with Crippen molar-refractivity contribution in [2.45, 2.75) is 6.10 Å². The summed E-state index contributed by atoms with van der Waals surface area (Å²) in [6, 6.07) is 11.8. The fourth-order valence-electron chi connectivity index (χ4n) is 2.02. The smallest absolute Gasteiger partial charge is 0.147 e. The van der Waals surface area contributed by atoms with Crippen LogP contribution in [-0.2, 0) is 0 Å². The third-order valence-electron chi connectivity index (χ3n) is 2.99.